The number of nitrogen functional groups attached to an aromatic ring is 1. The van der Waals surface area contributed by atoms with E-state index in [4.69, 9.17) is 10.5 Å². The molecule has 18 heavy (non-hydrogen) atoms. The first-order valence-electron chi connectivity index (χ1n) is 6.06. The van der Waals surface area contributed by atoms with Gasteiger partial charge in [0.05, 0.1) is 37.0 Å². The number of hydrogen-bond acceptors (Lipinski definition) is 4. The monoisotopic (exact) mass is 244 g/mol. The van der Waals surface area contributed by atoms with Crippen LogP contribution in [0.15, 0.2) is 36.7 Å². The molecule has 0 aliphatic carbocycles. The summed E-state index contributed by atoms with van der Waals surface area (Å²) in [4.78, 5) is 2.32. The van der Waals surface area contributed by atoms with E-state index in [1.807, 2.05) is 18.3 Å². The van der Waals surface area contributed by atoms with E-state index in [1.165, 1.54) is 5.69 Å². The standard InChI is InChI=1S/C13H16N4O/c14-11-9-15-17(10-11)13-3-1-2-12(8-13)16-4-6-18-7-5-16/h1-3,8-10H,4-7,14H2. The van der Waals surface area contributed by atoms with Crippen molar-refractivity contribution in [3.63, 3.8) is 0 Å². The van der Waals surface area contributed by atoms with E-state index in [9.17, 15) is 0 Å². The molecule has 0 radical (unpaired) electrons. The van der Waals surface area contributed by atoms with Crippen molar-refractivity contribution in [1.82, 2.24) is 9.78 Å². The van der Waals surface area contributed by atoms with Gasteiger partial charge >= 0.3 is 0 Å². The first kappa shape index (κ1) is 11.1. The van der Waals surface area contributed by atoms with Crippen LogP contribution in [0.3, 0.4) is 0 Å². The largest absolute Gasteiger partial charge is 0.396 e. The average molecular weight is 244 g/mol. The Hall–Kier alpha value is -2.01. The van der Waals surface area contributed by atoms with Gasteiger partial charge in [0.15, 0.2) is 0 Å². The molecule has 1 saturated heterocycles. The Labute approximate surface area is 106 Å². The van der Waals surface area contributed by atoms with Crippen molar-refractivity contribution < 1.29 is 4.74 Å². The fourth-order valence-corrected chi connectivity index (χ4v) is 2.13. The van der Waals surface area contributed by atoms with Crippen molar-refractivity contribution in [3.05, 3.63) is 36.7 Å². The van der Waals surface area contributed by atoms with Gasteiger partial charge < -0.3 is 15.4 Å². The highest BCUT2D eigenvalue weighted by Crippen LogP contribution is 2.20. The van der Waals surface area contributed by atoms with Crippen LogP contribution in [0.1, 0.15) is 0 Å². The molecule has 1 fully saturated rings. The highest BCUT2D eigenvalue weighted by Gasteiger charge is 2.11. The summed E-state index contributed by atoms with van der Waals surface area (Å²) in [7, 11) is 0. The van der Waals surface area contributed by atoms with Crippen molar-refractivity contribution in [3.8, 4) is 5.69 Å². The van der Waals surface area contributed by atoms with Crippen LogP contribution in [0.5, 0.6) is 0 Å². The average Bonchev–Trinajstić information content (AvgIpc) is 2.87. The number of anilines is 2. The number of benzene rings is 1. The SMILES string of the molecule is Nc1cnn(-c2cccc(N3CCOCC3)c2)c1. The highest BCUT2D eigenvalue weighted by molar-refractivity contribution is 5.53. The van der Waals surface area contributed by atoms with E-state index in [0.717, 1.165) is 32.0 Å². The zero-order chi connectivity index (χ0) is 12.4. The predicted molar refractivity (Wildman–Crippen MR) is 71.0 cm³/mol. The van der Waals surface area contributed by atoms with Gasteiger partial charge in [-0.3, -0.25) is 0 Å². The number of aromatic nitrogens is 2. The highest BCUT2D eigenvalue weighted by atomic mass is 16.5. The summed E-state index contributed by atoms with van der Waals surface area (Å²) < 4.78 is 7.15. The van der Waals surface area contributed by atoms with Crippen LogP contribution in [0.4, 0.5) is 11.4 Å². The molecule has 5 nitrogen and oxygen atoms in total. The third-order valence-corrected chi connectivity index (χ3v) is 3.07. The molecular formula is C13H16N4O. The topological polar surface area (TPSA) is 56.3 Å². The molecule has 1 aliphatic rings. The maximum Gasteiger partial charge on any atom is 0.0724 e. The molecule has 1 aromatic heterocycles. The molecule has 0 bridgehead atoms. The number of nitrogens with two attached hydrogens (primary N) is 1. The van der Waals surface area contributed by atoms with E-state index in [0.29, 0.717) is 5.69 Å². The van der Waals surface area contributed by atoms with Gasteiger partial charge in [-0.25, -0.2) is 4.68 Å². The lowest BCUT2D eigenvalue weighted by Crippen LogP contribution is -2.36. The number of morpholine rings is 1. The van der Waals surface area contributed by atoms with Gasteiger partial charge in [0.25, 0.3) is 0 Å². The first-order chi connectivity index (χ1) is 8.83. The second kappa shape index (κ2) is 4.70. The molecule has 0 amide bonds. The van der Waals surface area contributed by atoms with Gasteiger partial charge in [-0.1, -0.05) is 6.07 Å². The zero-order valence-corrected chi connectivity index (χ0v) is 10.1. The van der Waals surface area contributed by atoms with E-state index in [-0.39, 0.29) is 0 Å². The molecule has 94 valence electrons. The van der Waals surface area contributed by atoms with Crippen molar-refractivity contribution in [1.29, 1.82) is 0 Å². The van der Waals surface area contributed by atoms with E-state index < -0.39 is 0 Å². The molecule has 2 heterocycles. The Morgan fingerprint density at radius 1 is 1.17 bits per heavy atom. The summed E-state index contributed by atoms with van der Waals surface area (Å²) in [5, 5.41) is 4.22. The minimum atomic E-state index is 0.673. The van der Waals surface area contributed by atoms with Crippen LogP contribution in [0, 0.1) is 0 Å². The lowest BCUT2D eigenvalue weighted by Gasteiger charge is -2.29. The van der Waals surface area contributed by atoms with E-state index >= 15 is 0 Å². The van der Waals surface area contributed by atoms with Crippen molar-refractivity contribution >= 4 is 11.4 Å². The Kier molecular flexibility index (Phi) is 2.90. The summed E-state index contributed by atoms with van der Waals surface area (Å²) in [5.74, 6) is 0. The van der Waals surface area contributed by atoms with Gasteiger partial charge in [0, 0.05) is 18.8 Å². The van der Waals surface area contributed by atoms with Crippen LogP contribution in [0.25, 0.3) is 5.69 Å². The zero-order valence-electron chi connectivity index (χ0n) is 10.1. The minimum absolute atomic E-state index is 0.673. The molecule has 5 heteroatoms. The first-order valence-corrected chi connectivity index (χ1v) is 6.06. The lowest BCUT2D eigenvalue weighted by atomic mass is 10.2. The van der Waals surface area contributed by atoms with Crippen LogP contribution < -0.4 is 10.6 Å². The molecule has 0 spiro atoms. The second-order valence-electron chi connectivity index (χ2n) is 4.34. The summed E-state index contributed by atoms with van der Waals surface area (Å²) >= 11 is 0. The number of ether oxygens (including phenoxy) is 1. The van der Waals surface area contributed by atoms with Crippen LogP contribution in [-0.4, -0.2) is 36.1 Å². The third kappa shape index (κ3) is 2.17. The quantitative estimate of drug-likeness (QED) is 0.865. The van der Waals surface area contributed by atoms with Crippen LogP contribution >= 0.6 is 0 Å². The number of nitrogens with zero attached hydrogens (tertiary/aromatic N) is 3. The normalized spacial score (nSPS) is 15.9. The molecule has 1 aromatic carbocycles. The maximum atomic E-state index is 5.69. The number of hydrogen-bond donors (Lipinski definition) is 1. The van der Waals surface area contributed by atoms with E-state index in [2.05, 4.69) is 22.1 Å². The fourth-order valence-electron chi connectivity index (χ4n) is 2.13. The van der Waals surface area contributed by atoms with Gasteiger partial charge in [-0.2, -0.15) is 5.10 Å². The van der Waals surface area contributed by atoms with Gasteiger partial charge in [-0.15, -0.1) is 0 Å². The summed E-state index contributed by atoms with van der Waals surface area (Å²) in [6.45, 7) is 3.45. The van der Waals surface area contributed by atoms with Crippen molar-refractivity contribution in [2.24, 2.45) is 0 Å². The van der Waals surface area contributed by atoms with Crippen LogP contribution in [-0.2, 0) is 4.74 Å². The van der Waals surface area contributed by atoms with Gasteiger partial charge in [0.1, 0.15) is 0 Å². The molecule has 0 saturated carbocycles. The Morgan fingerprint density at radius 3 is 2.67 bits per heavy atom. The molecular weight excluding hydrogens is 228 g/mol. The van der Waals surface area contributed by atoms with E-state index in [1.54, 1.807) is 10.9 Å². The fraction of sp³-hybridized carbons (Fsp3) is 0.308. The molecule has 0 unspecified atom stereocenters. The predicted octanol–water partition coefficient (Wildman–Crippen LogP) is 1.29. The Balaban J connectivity index is 1.88. The maximum absolute atomic E-state index is 5.69. The summed E-state index contributed by atoms with van der Waals surface area (Å²) in [6.07, 6.45) is 3.47. The van der Waals surface area contributed by atoms with Gasteiger partial charge in [-0.05, 0) is 18.2 Å². The number of rotatable bonds is 2. The molecule has 2 aromatic rings. The molecule has 3 rings (SSSR count). The van der Waals surface area contributed by atoms with Crippen molar-refractivity contribution in [2.45, 2.75) is 0 Å². The molecule has 0 atom stereocenters. The second-order valence-corrected chi connectivity index (χ2v) is 4.34. The van der Waals surface area contributed by atoms with Crippen LogP contribution in [0.2, 0.25) is 0 Å². The summed E-state index contributed by atoms with van der Waals surface area (Å²) in [6, 6.07) is 8.30. The van der Waals surface area contributed by atoms with Gasteiger partial charge in [0.2, 0.25) is 0 Å². The molecule has 2 N–H and O–H groups in total. The lowest BCUT2D eigenvalue weighted by molar-refractivity contribution is 0.122. The molecule has 1 aliphatic heterocycles. The Bertz CT molecular complexity index is 531. The Morgan fingerprint density at radius 2 is 1.94 bits per heavy atom. The van der Waals surface area contributed by atoms with Crippen molar-refractivity contribution in [2.75, 3.05) is 36.9 Å². The minimum Gasteiger partial charge on any atom is -0.396 e. The third-order valence-electron chi connectivity index (χ3n) is 3.07. The summed E-state index contributed by atoms with van der Waals surface area (Å²) in [5.41, 5.74) is 8.58. The smallest absolute Gasteiger partial charge is 0.0724 e.